The molecule has 4 aromatic rings. The molecular formula is C25H23ClN2O4S. The van der Waals surface area contributed by atoms with Gasteiger partial charge in [0.1, 0.15) is 10.8 Å². The van der Waals surface area contributed by atoms with E-state index in [1.807, 2.05) is 60.7 Å². The van der Waals surface area contributed by atoms with Gasteiger partial charge in [-0.1, -0.05) is 65.4 Å². The number of halogens is 1. The third-order valence-electron chi connectivity index (χ3n) is 5.71. The van der Waals surface area contributed by atoms with Crippen LogP contribution in [0.4, 0.5) is 0 Å². The second-order valence-corrected chi connectivity index (χ2v) is 9.58. The van der Waals surface area contributed by atoms with Crippen molar-refractivity contribution in [3.63, 3.8) is 0 Å². The Morgan fingerprint density at radius 1 is 1.00 bits per heavy atom. The zero-order valence-corrected chi connectivity index (χ0v) is 19.3. The maximum absolute atomic E-state index is 10.1. The molecule has 6 nitrogen and oxygen atoms in total. The van der Waals surface area contributed by atoms with E-state index in [0.717, 1.165) is 27.5 Å². The Labute approximate surface area is 200 Å². The van der Waals surface area contributed by atoms with Crippen molar-refractivity contribution in [2.75, 3.05) is 6.61 Å². The molecule has 1 fully saturated rings. The first-order valence-electron chi connectivity index (χ1n) is 10.8. The van der Waals surface area contributed by atoms with Gasteiger partial charge in [-0.05, 0) is 29.3 Å². The summed E-state index contributed by atoms with van der Waals surface area (Å²) in [6.07, 6.45) is 0.307. The number of aliphatic hydroxyl groups excluding tert-OH is 2. The molecule has 0 saturated carbocycles. The van der Waals surface area contributed by atoms with Crippen LogP contribution in [0.3, 0.4) is 0 Å². The highest BCUT2D eigenvalue weighted by Gasteiger charge is 2.29. The molecular weight excluding hydrogens is 460 g/mol. The summed E-state index contributed by atoms with van der Waals surface area (Å²) in [5.74, 6) is 1.46. The number of aromatic nitrogens is 2. The van der Waals surface area contributed by atoms with Gasteiger partial charge in [-0.15, -0.1) is 10.2 Å². The van der Waals surface area contributed by atoms with Crippen LogP contribution >= 0.6 is 22.9 Å². The number of benzene rings is 2. The second-order valence-electron chi connectivity index (χ2n) is 8.11. The van der Waals surface area contributed by atoms with E-state index in [9.17, 15) is 10.2 Å². The molecule has 8 heteroatoms. The molecule has 0 aliphatic carbocycles. The highest BCUT2D eigenvalue weighted by atomic mass is 35.5. The maximum Gasteiger partial charge on any atom is 0.183 e. The quantitative estimate of drug-likeness (QED) is 0.388. The van der Waals surface area contributed by atoms with E-state index in [2.05, 4.69) is 10.2 Å². The summed E-state index contributed by atoms with van der Waals surface area (Å²) in [6, 6.07) is 19.5. The van der Waals surface area contributed by atoms with Gasteiger partial charge in [0.15, 0.2) is 10.8 Å². The van der Waals surface area contributed by atoms with E-state index >= 15 is 0 Å². The van der Waals surface area contributed by atoms with Crippen LogP contribution in [0.15, 0.2) is 65.1 Å². The number of furan rings is 1. The van der Waals surface area contributed by atoms with Gasteiger partial charge in [0.25, 0.3) is 0 Å². The first kappa shape index (κ1) is 22.3. The standard InChI is InChI=1S/C25H23ClN2O4S/c26-20-7-6-16(23-13-18(30)12-19(14-29)31-23)10-17(20)11-24-27-28-25(33-24)22-9-8-21(32-22)15-4-2-1-3-5-15/h1-10,18-19,23,29-30H,11-14H2. The largest absolute Gasteiger partial charge is 0.454 e. The van der Waals surface area contributed by atoms with Crippen LogP contribution < -0.4 is 0 Å². The number of nitrogens with zero attached hydrogens (tertiary/aromatic N) is 2. The van der Waals surface area contributed by atoms with Gasteiger partial charge in [-0.25, -0.2) is 0 Å². The SMILES string of the molecule is OCC1CC(O)CC(c2ccc(Cl)c(Cc3nnc(-c4ccc(-c5ccccc5)o4)s3)c2)O1. The molecule has 3 atom stereocenters. The van der Waals surface area contributed by atoms with Crippen LogP contribution in [0, 0.1) is 0 Å². The van der Waals surface area contributed by atoms with Crippen molar-refractivity contribution < 1.29 is 19.4 Å². The van der Waals surface area contributed by atoms with Crippen molar-refractivity contribution in [1.29, 1.82) is 0 Å². The number of hydrogen-bond acceptors (Lipinski definition) is 7. The van der Waals surface area contributed by atoms with Gasteiger partial charge < -0.3 is 19.4 Å². The molecule has 3 unspecified atom stereocenters. The topological polar surface area (TPSA) is 88.6 Å². The lowest BCUT2D eigenvalue weighted by Gasteiger charge is -2.32. The van der Waals surface area contributed by atoms with Crippen molar-refractivity contribution in [3.05, 3.63) is 81.8 Å². The molecule has 1 aliphatic rings. The molecule has 2 aromatic carbocycles. The number of rotatable bonds is 6. The number of hydrogen-bond donors (Lipinski definition) is 2. The molecule has 3 heterocycles. The lowest BCUT2D eigenvalue weighted by molar-refractivity contribution is -0.113. The monoisotopic (exact) mass is 482 g/mol. The minimum absolute atomic E-state index is 0.111. The molecule has 0 spiro atoms. The van der Waals surface area contributed by atoms with Gasteiger partial charge in [-0.3, -0.25) is 0 Å². The third-order valence-corrected chi connectivity index (χ3v) is 7.01. The van der Waals surface area contributed by atoms with E-state index in [4.69, 9.17) is 20.8 Å². The van der Waals surface area contributed by atoms with Crippen molar-refractivity contribution in [3.8, 4) is 22.1 Å². The average molecular weight is 483 g/mol. The molecule has 1 saturated heterocycles. The fourth-order valence-corrected chi connectivity index (χ4v) is 5.06. The summed E-state index contributed by atoms with van der Waals surface area (Å²) in [6.45, 7) is -0.111. The first-order chi connectivity index (χ1) is 16.1. The first-order valence-corrected chi connectivity index (χ1v) is 12.0. The smallest absolute Gasteiger partial charge is 0.183 e. The highest BCUT2D eigenvalue weighted by Crippen LogP contribution is 2.35. The van der Waals surface area contributed by atoms with Crippen LogP contribution in [0.2, 0.25) is 5.02 Å². The maximum atomic E-state index is 10.1. The summed E-state index contributed by atoms with van der Waals surface area (Å²) in [5.41, 5.74) is 2.84. The van der Waals surface area contributed by atoms with Crippen LogP contribution in [0.5, 0.6) is 0 Å². The predicted octanol–water partition coefficient (Wildman–Crippen LogP) is 5.28. The molecule has 0 bridgehead atoms. The van der Waals surface area contributed by atoms with Gasteiger partial charge in [-0.2, -0.15) is 0 Å². The van der Waals surface area contributed by atoms with Gasteiger partial charge in [0.2, 0.25) is 0 Å². The summed E-state index contributed by atoms with van der Waals surface area (Å²) in [7, 11) is 0. The van der Waals surface area contributed by atoms with Crippen LogP contribution in [-0.4, -0.2) is 39.2 Å². The lowest BCUT2D eigenvalue weighted by atomic mass is 9.95. The van der Waals surface area contributed by atoms with Gasteiger partial charge in [0, 0.05) is 29.8 Å². The third kappa shape index (κ3) is 5.03. The summed E-state index contributed by atoms with van der Waals surface area (Å²) in [5, 5.41) is 30.4. The Hall–Kier alpha value is -2.55. The van der Waals surface area contributed by atoms with Crippen molar-refractivity contribution in [2.45, 2.75) is 37.6 Å². The van der Waals surface area contributed by atoms with Crippen molar-refractivity contribution in [1.82, 2.24) is 10.2 Å². The van der Waals surface area contributed by atoms with E-state index < -0.39 is 6.10 Å². The fraction of sp³-hybridized carbons (Fsp3) is 0.280. The predicted molar refractivity (Wildman–Crippen MR) is 127 cm³/mol. The van der Waals surface area contributed by atoms with Crippen molar-refractivity contribution in [2.24, 2.45) is 0 Å². The Morgan fingerprint density at radius 3 is 2.64 bits per heavy atom. The lowest BCUT2D eigenvalue weighted by Crippen LogP contribution is -2.33. The molecule has 170 valence electrons. The van der Waals surface area contributed by atoms with E-state index in [1.54, 1.807) is 0 Å². The molecule has 1 aliphatic heterocycles. The highest BCUT2D eigenvalue weighted by molar-refractivity contribution is 7.14. The summed E-state index contributed by atoms with van der Waals surface area (Å²) in [4.78, 5) is 0. The molecule has 0 radical (unpaired) electrons. The molecule has 5 rings (SSSR count). The van der Waals surface area contributed by atoms with E-state index in [-0.39, 0.29) is 18.8 Å². The fourth-order valence-electron chi connectivity index (χ4n) is 4.05. The van der Waals surface area contributed by atoms with E-state index in [0.29, 0.717) is 35.1 Å². The number of aliphatic hydroxyl groups is 2. The van der Waals surface area contributed by atoms with Gasteiger partial charge in [0.05, 0.1) is 24.9 Å². The number of ether oxygens (including phenoxy) is 1. The average Bonchev–Trinajstić information content (AvgIpc) is 3.50. The summed E-state index contributed by atoms with van der Waals surface area (Å²) >= 11 is 7.94. The Kier molecular flexibility index (Phi) is 6.57. The van der Waals surface area contributed by atoms with Crippen molar-refractivity contribution >= 4 is 22.9 Å². The van der Waals surface area contributed by atoms with Gasteiger partial charge >= 0.3 is 0 Å². The molecule has 2 N–H and O–H groups in total. The minimum Gasteiger partial charge on any atom is -0.454 e. The Balaban J connectivity index is 1.33. The second kappa shape index (κ2) is 9.75. The van der Waals surface area contributed by atoms with Crippen LogP contribution in [0.1, 0.15) is 35.1 Å². The van der Waals surface area contributed by atoms with Crippen LogP contribution in [0.25, 0.3) is 22.1 Å². The Morgan fingerprint density at radius 2 is 1.82 bits per heavy atom. The Bertz CT molecular complexity index is 1230. The van der Waals surface area contributed by atoms with E-state index in [1.165, 1.54) is 11.3 Å². The van der Waals surface area contributed by atoms with Crippen LogP contribution in [-0.2, 0) is 11.2 Å². The molecule has 0 amide bonds. The molecule has 33 heavy (non-hydrogen) atoms. The zero-order chi connectivity index (χ0) is 22.8. The molecule has 2 aromatic heterocycles. The normalized spacial score (nSPS) is 20.8. The summed E-state index contributed by atoms with van der Waals surface area (Å²) < 4.78 is 11.9. The zero-order valence-electron chi connectivity index (χ0n) is 17.7. The minimum atomic E-state index is -0.500.